The van der Waals surface area contributed by atoms with Crippen LogP contribution in [0.4, 0.5) is 0 Å². The molecular weight excluding hydrogens is 270 g/mol. The minimum atomic E-state index is 0.826. The van der Waals surface area contributed by atoms with E-state index in [-0.39, 0.29) is 0 Å². The van der Waals surface area contributed by atoms with Gasteiger partial charge in [0.1, 0.15) is 11.6 Å². The van der Waals surface area contributed by atoms with Crippen molar-refractivity contribution in [3.63, 3.8) is 0 Å². The number of aromatic nitrogens is 5. The Morgan fingerprint density at radius 2 is 2.05 bits per heavy atom. The number of fused-ring (bicyclic) bond motifs is 1. The van der Waals surface area contributed by atoms with Gasteiger partial charge in [-0.3, -0.25) is 0 Å². The maximum Gasteiger partial charge on any atom is 0.166 e. The monoisotopic (exact) mass is 287 g/mol. The normalized spacial score (nSPS) is 11.3. The van der Waals surface area contributed by atoms with E-state index in [1.165, 1.54) is 5.56 Å². The van der Waals surface area contributed by atoms with Gasteiger partial charge in [-0.05, 0) is 38.5 Å². The molecule has 0 fully saturated rings. The second-order valence-corrected chi connectivity index (χ2v) is 5.92. The zero-order valence-electron chi connectivity index (χ0n) is 11.8. The third-order valence-corrected chi connectivity index (χ3v) is 3.97. The second kappa shape index (κ2) is 5.28. The van der Waals surface area contributed by atoms with Gasteiger partial charge in [0, 0.05) is 5.75 Å². The Morgan fingerprint density at radius 3 is 2.80 bits per heavy atom. The summed E-state index contributed by atoms with van der Waals surface area (Å²) in [6.45, 7) is 6.82. The van der Waals surface area contributed by atoms with Crippen LogP contribution in [0.15, 0.2) is 23.4 Å². The van der Waals surface area contributed by atoms with Gasteiger partial charge < -0.3 is 4.98 Å². The fraction of sp³-hybridized carbons (Fsp3) is 0.357. The Balaban J connectivity index is 1.66. The second-order valence-electron chi connectivity index (χ2n) is 4.84. The number of hydrogen-bond donors (Lipinski definition) is 1. The van der Waals surface area contributed by atoms with E-state index in [1.807, 2.05) is 18.5 Å². The van der Waals surface area contributed by atoms with Gasteiger partial charge in [-0.25, -0.2) is 14.6 Å². The maximum absolute atomic E-state index is 4.57. The lowest BCUT2D eigenvalue weighted by Crippen LogP contribution is -2.04. The van der Waals surface area contributed by atoms with E-state index >= 15 is 0 Å². The van der Waals surface area contributed by atoms with E-state index in [0.29, 0.717) is 0 Å². The summed E-state index contributed by atoms with van der Waals surface area (Å²) in [4.78, 5) is 12.2. The molecule has 6 heteroatoms. The number of aromatic amines is 1. The summed E-state index contributed by atoms with van der Waals surface area (Å²) in [5.41, 5.74) is 3.36. The minimum absolute atomic E-state index is 0.826. The Morgan fingerprint density at radius 1 is 1.20 bits per heavy atom. The van der Waals surface area contributed by atoms with Crippen molar-refractivity contribution in [3.8, 4) is 0 Å². The number of aryl methyl sites for hydroxylation is 4. The summed E-state index contributed by atoms with van der Waals surface area (Å²) < 4.78 is 1.94. The highest BCUT2D eigenvalue weighted by molar-refractivity contribution is 7.99. The van der Waals surface area contributed by atoms with Crippen LogP contribution in [0, 0.1) is 20.8 Å². The lowest BCUT2D eigenvalue weighted by molar-refractivity contribution is 0.637. The molecule has 0 atom stereocenters. The smallest absolute Gasteiger partial charge is 0.166 e. The molecule has 0 saturated carbocycles. The largest absolute Gasteiger partial charge is 0.333 e. The third-order valence-electron chi connectivity index (χ3n) is 3.12. The van der Waals surface area contributed by atoms with Crippen molar-refractivity contribution in [2.45, 2.75) is 32.5 Å². The zero-order chi connectivity index (χ0) is 14.1. The van der Waals surface area contributed by atoms with E-state index in [4.69, 9.17) is 0 Å². The molecule has 0 unspecified atom stereocenters. The first kappa shape index (κ1) is 13.2. The molecule has 0 spiro atoms. The molecule has 104 valence electrons. The summed E-state index contributed by atoms with van der Waals surface area (Å²) in [6.07, 6.45) is 0. The van der Waals surface area contributed by atoms with Gasteiger partial charge in [0.25, 0.3) is 0 Å². The molecule has 1 aromatic carbocycles. The van der Waals surface area contributed by atoms with Crippen molar-refractivity contribution < 1.29 is 0 Å². The first-order valence-electron chi connectivity index (χ1n) is 6.59. The van der Waals surface area contributed by atoms with Crippen LogP contribution >= 0.6 is 11.8 Å². The van der Waals surface area contributed by atoms with Crippen molar-refractivity contribution in [1.29, 1.82) is 0 Å². The first-order valence-corrected chi connectivity index (χ1v) is 7.57. The van der Waals surface area contributed by atoms with E-state index in [0.717, 1.165) is 40.1 Å². The number of H-pyrrole nitrogens is 1. The standard InChI is InChI=1S/C14H17N5S/c1-9-4-5-12-13(8-9)17-14(16-12)20-7-6-19-11(3)15-10(2)18-19/h4-5,8H,6-7H2,1-3H3,(H,16,17). The van der Waals surface area contributed by atoms with Gasteiger partial charge in [-0.15, -0.1) is 0 Å². The van der Waals surface area contributed by atoms with Gasteiger partial charge in [0.2, 0.25) is 0 Å². The van der Waals surface area contributed by atoms with Gasteiger partial charge in [-0.1, -0.05) is 17.8 Å². The highest BCUT2D eigenvalue weighted by Gasteiger charge is 2.05. The molecule has 5 nitrogen and oxygen atoms in total. The van der Waals surface area contributed by atoms with Crippen LogP contribution in [-0.2, 0) is 6.54 Å². The molecule has 3 rings (SSSR count). The average molecular weight is 287 g/mol. The fourth-order valence-electron chi connectivity index (χ4n) is 2.17. The summed E-state index contributed by atoms with van der Waals surface area (Å²) in [6, 6.07) is 6.26. The molecule has 0 amide bonds. The summed E-state index contributed by atoms with van der Waals surface area (Å²) in [5, 5.41) is 5.32. The molecular formula is C14H17N5S. The van der Waals surface area contributed by atoms with Crippen molar-refractivity contribution in [1.82, 2.24) is 24.7 Å². The van der Waals surface area contributed by atoms with Crippen LogP contribution < -0.4 is 0 Å². The van der Waals surface area contributed by atoms with E-state index < -0.39 is 0 Å². The number of rotatable bonds is 4. The molecule has 0 radical (unpaired) electrons. The van der Waals surface area contributed by atoms with E-state index in [1.54, 1.807) is 11.8 Å². The van der Waals surface area contributed by atoms with Crippen LogP contribution in [0.1, 0.15) is 17.2 Å². The Hall–Kier alpha value is -1.82. The number of nitrogens with zero attached hydrogens (tertiary/aromatic N) is 4. The van der Waals surface area contributed by atoms with Gasteiger partial charge in [-0.2, -0.15) is 5.10 Å². The van der Waals surface area contributed by atoms with E-state index in [2.05, 4.69) is 45.2 Å². The highest BCUT2D eigenvalue weighted by Crippen LogP contribution is 2.20. The van der Waals surface area contributed by atoms with Crippen LogP contribution in [0.25, 0.3) is 11.0 Å². The molecule has 3 aromatic rings. The summed E-state index contributed by atoms with van der Waals surface area (Å²) >= 11 is 1.71. The molecule has 0 bridgehead atoms. The van der Waals surface area contributed by atoms with Crippen molar-refractivity contribution in [2.24, 2.45) is 0 Å². The number of hydrogen-bond acceptors (Lipinski definition) is 4. The SMILES string of the molecule is Cc1ccc2nc(SCCn3nc(C)nc3C)[nH]c2c1. The third kappa shape index (κ3) is 2.70. The Bertz CT molecular complexity index is 743. The van der Waals surface area contributed by atoms with Crippen LogP contribution in [-0.4, -0.2) is 30.5 Å². The van der Waals surface area contributed by atoms with Crippen LogP contribution in [0.5, 0.6) is 0 Å². The average Bonchev–Trinajstić information content (AvgIpc) is 2.92. The number of imidazole rings is 1. The van der Waals surface area contributed by atoms with E-state index in [9.17, 15) is 0 Å². The molecule has 0 saturated heterocycles. The summed E-state index contributed by atoms with van der Waals surface area (Å²) in [7, 11) is 0. The van der Waals surface area contributed by atoms with Crippen molar-refractivity contribution in [2.75, 3.05) is 5.75 Å². The van der Waals surface area contributed by atoms with Crippen molar-refractivity contribution >= 4 is 22.8 Å². The molecule has 0 aliphatic carbocycles. The van der Waals surface area contributed by atoms with Crippen molar-refractivity contribution in [3.05, 3.63) is 35.4 Å². The van der Waals surface area contributed by atoms with Crippen LogP contribution in [0.2, 0.25) is 0 Å². The Kier molecular flexibility index (Phi) is 3.48. The Labute approximate surface area is 121 Å². The summed E-state index contributed by atoms with van der Waals surface area (Å²) in [5.74, 6) is 2.71. The molecule has 1 N–H and O–H groups in total. The topological polar surface area (TPSA) is 59.4 Å². The van der Waals surface area contributed by atoms with Gasteiger partial charge >= 0.3 is 0 Å². The maximum atomic E-state index is 4.57. The molecule has 0 aliphatic heterocycles. The number of thioether (sulfide) groups is 1. The molecule has 20 heavy (non-hydrogen) atoms. The van der Waals surface area contributed by atoms with Crippen LogP contribution in [0.3, 0.4) is 0 Å². The lowest BCUT2D eigenvalue weighted by atomic mass is 10.2. The lowest BCUT2D eigenvalue weighted by Gasteiger charge is -2.00. The molecule has 2 heterocycles. The predicted octanol–water partition coefficient (Wildman–Crippen LogP) is 2.87. The zero-order valence-corrected chi connectivity index (χ0v) is 12.7. The number of nitrogens with one attached hydrogen (secondary N) is 1. The predicted molar refractivity (Wildman–Crippen MR) is 81.1 cm³/mol. The molecule has 2 aromatic heterocycles. The number of benzene rings is 1. The molecule has 0 aliphatic rings. The fourth-order valence-corrected chi connectivity index (χ4v) is 2.97. The van der Waals surface area contributed by atoms with Gasteiger partial charge in [0.15, 0.2) is 5.16 Å². The first-order chi connectivity index (χ1) is 9.61. The van der Waals surface area contributed by atoms with Gasteiger partial charge in [0.05, 0.1) is 17.6 Å². The highest BCUT2D eigenvalue weighted by atomic mass is 32.2. The minimum Gasteiger partial charge on any atom is -0.333 e. The quantitative estimate of drug-likeness (QED) is 0.750.